The standard InChI is InChI=1S/C16H14Cl2N2O/c17-13-7-6-10(9-14(13)18)20-16(21)12-3-1-5-15-11(12)4-2-8-19-15/h1,3,5-7,9,19H,2,4,8H2,(H,20,21). The second kappa shape index (κ2) is 5.96. The zero-order chi connectivity index (χ0) is 14.8. The summed E-state index contributed by atoms with van der Waals surface area (Å²) in [7, 11) is 0. The fourth-order valence-electron chi connectivity index (χ4n) is 2.50. The average molecular weight is 321 g/mol. The van der Waals surface area contributed by atoms with Crippen LogP contribution in [-0.4, -0.2) is 12.5 Å². The minimum absolute atomic E-state index is 0.131. The van der Waals surface area contributed by atoms with Crippen LogP contribution in [0.5, 0.6) is 0 Å². The summed E-state index contributed by atoms with van der Waals surface area (Å²) in [5, 5.41) is 7.08. The van der Waals surface area contributed by atoms with Crippen LogP contribution >= 0.6 is 23.2 Å². The van der Waals surface area contributed by atoms with Gasteiger partial charge in [-0.25, -0.2) is 0 Å². The van der Waals surface area contributed by atoms with Gasteiger partial charge >= 0.3 is 0 Å². The zero-order valence-corrected chi connectivity index (χ0v) is 12.8. The van der Waals surface area contributed by atoms with Crippen molar-refractivity contribution in [3.63, 3.8) is 0 Å². The number of halogens is 2. The molecule has 3 rings (SSSR count). The molecule has 3 nitrogen and oxygen atoms in total. The quantitative estimate of drug-likeness (QED) is 0.848. The van der Waals surface area contributed by atoms with Crippen molar-refractivity contribution < 1.29 is 4.79 Å². The van der Waals surface area contributed by atoms with Gasteiger partial charge in [-0.1, -0.05) is 29.3 Å². The number of hydrogen-bond donors (Lipinski definition) is 2. The molecule has 0 fully saturated rings. The normalized spacial score (nSPS) is 13.2. The maximum atomic E-state index is 12.5. The van der Waals surface area contributed by atoms with Gasteiger partial charge < -0.3 is 10.6 Å². The number of hydrogen-bond acceptors (Lipinski definition) is 2. The van der Waals surface area contributed by atoms with E-state index in [0.29, 0.717) is 21.3 Å². The monoisotopic (exact) mass is 320 g/mol. The molecule has 0 saturated heterocycles. The zero-order valence-electron chi connectivity index (χ0n) is 11.2. The van der Waals surface area contributed by atoms with Gasteiger partial charge in [0.1, 0.15) is 0 Å². The van der Waals surface area contributed by atoms with Crippen LogP contribution in [-0.2, 0) is 6.42 Å². The van der Waals surface area contributed by atoms with Gasteiger partial charge in [-0.2, -0.15) is 0 Å². The van der Waals surface area contributed by atoms with E-state index in [2.05, 4.69) is 10.6 Å². The molecule has 0 aromatic heterocycles. The van der Waals surface area contributed by atoms with Crippen LogP contribution in [0.3, 0.4) is 0 Å². The van der Waals surface area contributed by atoms with Gasteiger partial charge in [0.05, 0.1) is 10.0 Å². The van der Waals surface area contributed by atoms with Gasteiger partial charge in [-0.05, 0) is 48.7 Å². The van der Waals surface area contributed by atoms with Crippen molar-refractivity contribution in [1.82, 2.24) is 0 Å². The Morgan fingerprint density at radius 1 is 1.14 bits per heavy atom. The molecule has 1 amide bonds. The Morgan fingerprint density at radius 2 is 2.00 bits per heavy atom. The molecular weight excluding hydrogens is 307 g/mol. The Balaban J connectivity index is 1.87. The second-order valence-corrected chi connectivity index (χ2v) is 5.76. The average Bonchev–Trinajstić information content (AvgIpc) is 2.50. The summed E-state index contributed by atoms with van der Waals surface area (Å²) in [6.45, 7) is 0.949. The lowest BCUT2D eigenvalue weighted by Gasteiger charge is -2.20. The van der Waals surface area contributed by atoms with Gasteiger partial charge in [-0.15, -0.1) is 0 Å². The molecule has 2 aromatic carbocycles. The molecule has 0 radical (unpaired) electrons. The topological polar surface area (TPSA) is 41.1 Å². The molecule has 5 heteroatoms. The maximum Gasteiger partial charge on any atom is 0.256 e. The highest BCUT2D eigenvalue weighted by Crippen LogP contribution is 2.28. The van der Waals surface area contributed by atoms with Crippen LogP contribution in [0.2, 0.25) is 10.0 Å². The Hall–Kier alpha value is -1.71. The van der Waals surface area contributed by atoms with Gasteiger partial charge in [0, 0.05) is 23.5 Å². The molecule has 0 atom stereocenters. The highest BCUT2D eigenvalue weighted by Gasteiger charge is 2.17. The number of fused-ring (bicyclic) bond motifs is 1. The van der Waals surface area contributed by atoms with Crippen molar-refractivity contribution in [1.29, 1.82) is 0 Å². The third kappa shape index (κ3) is 2.99. The summed E-state index contributed by atoms with van der Waals surface area (Å²) < 4.78 is 0. The highest BCUT2D eigenvalue weighted by atomic mass is 35.5. The number of benzene rings is 2. The SMILES string of the molecule is O=C(Nc1ccc(Cl)c(Cl)c1)c1cccc2c1CCCN2. The highest BCUT2D eigenvalue weighted by molar-refractivity contribution is 6.42. The summed E-state index contributed by atoms with van der Waals surface area (Å²) in [5.41, 5.74) is 3.45. The Morgan fingerprint density at radius 3 is 2.81 bits per heavy atom. The van der Waals surface area contributed by atoms with Crippen molar-refractivity contribution in [2.45, 2.75) is 12.8 Å². The number of nitrogens with one attached hydrogen (secondary N) is 2. The molecule has 2 N–H and O–H groups in total. The van der Waals surface area contributed by atoms with E-state index in [1.807, 2.05) is 18.2 Å². The van der Waals surface area contributed by atoms with Crippen LogP contribution in [0.15, 0.2) is 36.4 Å². The Labute approximate surface area is 133 Å². The molecule has 1 heterocycles. The van der Waals surface area contributed by atoms with Crippen LogP contribution in [0, 0.1) is 0 Å². The van der Waals surface area contributed by atoms with E-state index in [0.717, 1.165) is 30.6 Å². The molecule has 0 saturated carbocycles. The molecule has 0 unspecified atom stereocenters. The lowest BCUT2D eigenvalue weighted by atomic mass is 9.97. The largest absolute Gasteiger partial charge is 0.385 e. The molecule has 0 bridgehead atoms. The molecule has 21 heavy (non-hydrogen) atoms. The third-order valence-corrected chi connectivity index (χ3v) is 4.26. The summed E-state index contributed by atoms with van der Waals surface area (Å²) in [5.74, 6) is -0.131. The summed E-state index contributed by atoms with van der Waals surface area (Å²) in [4.78, 5) is 12.5. The van der Waals surface area contributed by atoms with Gasteiger partial charge in [0.25, 0.3) is 5.91 Å². The molecule has 0 spiro atoms. The van der Waals surface area contributed by atoms with E-state index in [4.69, 9.17) is 23.2 Å². The lowest BCUT2D eigenvalue weighted by Crippen LogP contribution is -2.19. The molecular formula is C16H14Cl2N2O. The smallest absolute Gasteiger partial charge is 0.256 e. The first-order chi connectivity index (χ1) is 10.1. The number of amides is 1. The maximum absolute atomic E-state index is 12.5. The van der Waals surface area contributed by atoms with Crippen molar-refractivity contribution in [2.24, 2.45) is 0 Å². The predicted molar refractivity (Wildman–Crippen MR) is 87.7 cm³/mol. The molecule has 108 valence electrons. The van der Waals surface area contributed by atoms with E-state index < -0.39 is 0 Å². The van der Waals surface area contributed by atoms with E-state index in [1.54, 1.807) is 18.2 Å². The Bertz CT molecular complexity index is 701. The summed E-state index contributed by atoms with van der Waals surface area (Å²) in [6.07, 6.45) is 1.94. The third-order valence-electron chi connectivity index (χ3n) is 3.52. The van der Waals surface area contributed by atoms with Crippen LogP contribution in [0.4, 0.5) is 11.4 Å². The van der Waals surface area contributed by atoms with Crippen molar-refractivity contribution in [3.05, 3.63) is 57.6 Å². The van der Waals surface area contributed by atoms with Crippen LogP contribution in [0.25, 0.3) is 0 Å². The van der Waals surface area contributed by atoms with Crippen molar-refractivity contribution >= 4 is 40.5 Å². The fraction of sp³-hybridized carbons (Fsp3) is 0.188. The van der Waals surface area contributed by atoms with Gasteiger partial charge in [-0.3, -0.25) is 4.79 Å². The van der Waals surface area contributed by atoms with Crippen molar-refractivity contribution in [2.75, 3.05) is 17.2 Å². The van der Waals surface area contributed by atoms with Crippen molar-refractivity contribution in [3.8, 4) is 0 Å². The van der Waals surface area contributed by atoms with E-state index >= 15 is 0 Å². The van der Waals surface area contributed by atoms with Crippen LogP contribution < -0.4 is 10.6 Å². The minimum Gasteiger partial charge on any atom is -0.385 e. The lowest BCUT2D eigenvalue weighted by molar-refractivity contribution is 0.102. The summed E-state index contributed by atoms with van der Waals surface area (Å²) >= 11 is 11.8. The first kappa shape index (κ1) is 14.2. The first-order valence-electron chi connectivity index (χ1n) is 6.77. The number of carbonyl (C=O) groups is 1. The van der Waals surface area contributed by atoms with Gasteiger partial charge in [0.2, 0.25) is 0 Å². The van der Waals surface area contributed by atoms with E-state index in [1.165, 1.54) is 0 Å². The summed E-state index contributed by atoms with van der Waals surface area (Å²) in [6, 6.07) is 10.8. The molecule has 1 aliphatic rings. The first-order valence-corrected chi connectivity index (χ1v) is 7.53. The number of anilines is 2. The number of carbonyl (C=O) groups excluding carboxylic acids is 1. The van der Waals surface area contributed by atoms with E-state index in [9.17, 15) is 4.79 Å². The molecule has 1 aliphatic heterocycles. The fourth-order valence-corrected chi connectivity index (χ4v) is 2.79. The Kier molecular flexibility index (Phi) is 4.04. The second-order valence-electron chi connectivity index (χ2n) is 4.95. The minimum atomic E-state index is -0.131. The molecule has 0 aliphatic carbocycles. The van der Waals surface area contributed by atoms with Crippen LogP contribution in [0.1, 0.15) is 22.3 Å². The van der Waals surface area contributed by atoms with E-state index in [-0.39, 0.29) is 5.91 Å². The predicted octanol–water partition coefficient (Wildman–Crippen LogP) is 4.60. The van der Waals surface area contributed by atoms with Gasteiger partial charge in [0.15, 0.2) is 0 Å². The number of rotatable bonds is 2. The molecule has 2 aromatic rings.